The van der Waals surface area contributed by atoms with E-state index in [1.165, 1.54) is 19.3 Å². The molecule has 0 aromatic carbocycles. The zero-order valence-electron chi connectivity index (χ0n) is 12.1. The van der Waals surface area contributed by atoms with Gasteiger partial charge in [-0.3, -0.25) is 0 Å². The van der Waals surface area contributed by atoms with Crippen molar-refractivity contribution in [2.75, 3.05) is 11.1 Å². The van der Waals surface area contributed by atoms with Crippen molar-refractivity contribution in [3.63, 3.8) is 0 Å². The summed E-state index contributed by atoms with van der Waals surface area (Å²) in [4.78, 5) is 0. The summed E-state index contributed by atoms with van der Waals surface area (Å²) in [5.41, 5.74) is 8.25. The second kappa shape index (κ2) is 4.82. The molecule has 0 amide bonds. The molecule has 1 atom stereocenters. The summed E-state index contributed by atoms with van der Waals surface area (Å²) >= 11 is 0. The molecule has 1 fully saturated rings. The van der Waals surface area contributed by atoms with Crippen molar-refractivity contribution in [3.8, 4) is 0 Å². The highest BCUT2D eigenvalue weighted by atomic mass is 15.3. The smallest absolute Gasteiger partial charge is 0.148 e. The van der Waals surface area contributed by atoms with Gasteiger partial charge in [0.25, 0.3) is 0 Å². The van der Waals surface area contributed by atoms with Gasteiger partial charge < -0.3 is 11.1 Å². The SMILES string of the molecule is CCCn1nc(C)c(N)c1NC1CCCC1(C)C. The van der Waals surface area contributed by atoms with E-state index < -0.39 is 0 Å². The van der Waals surface area contributed by atoms with Crippen LogP contribution in [0.1, 0.15) is 52.1 Å². The number of hydrogen-bond donors (Lipinski definition) is 2. The van der Waals surface area contributed by atoms with Crippen LogP contribution in [0.3, 0.4) is 0 Å². The lowest BCUT2D eigenvalue weighted by Gasteiger charge is -2.29. The van der Waals surface area contributed by atoms with Crippen molar-refractivity contribution in [2.24, 2.45) is 5.41 Å². The topological polar surface area (TPSA) is 55.9 Å². The van der Waals surface area contributed by atoms with Crippen LogP contribution in [0.15, 0.2) is 0 Å². The van der Waals surface area contributed by atoms with Gasteiger partial charge in [-0.15, -0.1) is 0 Å². The number of nitrogens with zero attached hydrogens (tertiary/aromatic N) is 2. The molecule has 102 valence electrons. The van der Waals surface area contributed by atoms with Crippen molar-refractivity contribution < 1.29 is 0 Å². The number of nitrogen functional groups attached to an aromatic ring is 1. The van der Waals surface area contributed by atoms with Crippen molar-refractivity contribution in [1.82, 2.24) is 9.78 Å². The maximum Gasteiger partial charge on any atom is 0.148 e. The van der Waals surface area contributed by atoms with E-state index in [1.54, 1.807) is 0 Å². The van der Waals surface area contributed by atoms with E-state index in [-0.39, 0.29) is 0 Å². The molecule has 1 aliphatic carbocycles. The third-order valence-corrected chi connectivity index (χ3v) is 4.18. The fraction of sp³-hybridized carbons (Fsp3) is 0.786. The Hall–Kier alpha value is -1.19. The summed E-state index contributed by atoms with van der Waals surface area (Å²) in [6.07, 6.45) is 4.88. The summed E-state index contributed by atoms with van der Waals surface area (Å²) in [5.74, 6) is 1.02. The van der Waals surface area contributed by atoms with Crippen LogP contribution in [0.4, 0.5) is 11.5 Å². The maximum absolute atomic E-state index is 6.15. The Morgan fingerprint density at radius 1 is 1.50 bits per heavy atom. The molecule has 0 spiro atoms. The normalized spacial score (nSPS) is 22.3. The van der Waals surface area contributed by atoms with Crippen LogP contribution >= 0.6 is 0 Å². The van der Waals surface area contributed by atoms with Crippen molar-refractivity contribution in [1.29, 1.82) is 0 Å². The summed E-state index contributed by atoms with van der Waals surface area (Å²) in [5, 5.41) is 8.17. The molecule has 1 heterocycles. The van der Waals surface area contributed by atoms with Crippen LogP contribution in [0.2, 0.25) is 0 Å². The van der Waals surface area contributed by atoms with Gasteiger partial charge in [-0.25, -0.2) is 4.68 Å². The molecule has 4 nitrogen and oxygen atoms in total. The van der Waals surface area contributed by atoms with Crippen LogP contribution < -0.4 is 11.1 Å². The number of hydrogen-bond acceptors (Lipinski definition) is 3. The van der Waals surface area contributed by atoms with Gasteiger partial charge in [-0.2, -0.15) is 5.10 Å². The lowest BCUT2D eigenvalue weighted by molar-refractivity contribution is 0.348. The molecular weight excluding hydrogens is 224 g/mol. The van der Waals surface area contributed by atoms with E-state index >= 15 is 0 Å². The first-order valence-electron chi connectivity index (χ1n) is 7.05. The minimum Gasteiger partial charge on any atom is -0.394 e. The number of aromatic nitrogens is 2. The van der Waals surface area contributed by atoms with E-state index in [4.69, 9.17) is 5.73 Å². The van der Waals surface area contributed by atoms with E-state index in [1.807, 2.05) is 11.6 Å². The number of nitrogens with one attached hydrogen (secondary N) is 1. The Kier molecular flexibility index (Phi) is 3.55. The second-order valence-corrected chi connectivity index (χ2v) is 6.15. The lowest BCUT2D eigenvalue weighted by Crippen LogP contribution is -2.32. The molecule has 0 saturated heterocycles. The van der Waals surface area contributed by atoms with Gasteiger partial charge in [0, 0.05) is 12.6 Å². The fourth-order valence-corrected chi connectivity index (χ4v) is 2.88. The monoisotopic (exact) mass is 250 g/mol. The average Bonchev–Trinajstić information content (AvgIpc) is 2.75. The van der Waals surface area contributed by atoms with E-state index in [2.05, 4.69) is 31.2 Å². The number of aryl methyl sites for hydroxylation is 2. The van der Waals surface area contributed by atoms with E-state index in [0.717, 1.165) is 30.2 Å². The van der Waals surface area contributed by atoms with Gasteiger partial charge in [-0.1, -0.05) is 27.2 Å². The molecule has 2 rings (SSSR count). The second-order valence-electron chi connectivity index (χ2n) is 6.15. The maximum atomic E-state index is 6.15. The molecule has 0 bridgehead atoms. The average molecular weight is 250 g/mol. The number of anilines is 2. The highest BCUT2D eigenvalue weighted by Gasteiger charge is 2.35. The van der Waals surface area contributed by atoms with Crippen molar-refractivity contribution in [3.05, 3.63) is 5.69 Å². The molecule has 1 aliphatic rings. The van der Waals surface area contributed by atoms with Crippen LogP contribution in [-0.2, 0) is 6.54 Å². The van der Waals surface area contributed by atoms with Gasteiger partial charge in [-0.05, 0) is 31.6 Å². The first kappa shape index (κ1) is 13.2. The third-order valence-electron chi connectivity index (χ3n) is 4.18. The Balaban J connectivity index is 2.22. The molecular formula is C14H26N4. The van der Waals surface area contributed by atoms with Crippen molar-refractivity contribution >= 4 is 11.5 Å². The van der Waals surface area contributed by atoms with Crippen LogP contribution in [0.5, 0.6) is 0 Å². The molecule has 1 unspecified atom stereocenters. The number of nitrogens with two attached hydrogens (primary N) is 1. The molecule has 0 radical (unpaired) electrons. The summed E-state index contributed by atoms with van der Waals surface area (Å²) in [7, 11) is 0. The summed E-state index contributed by atoms with van der Waals surface area (Å²) < 4.78 is 2.03. The zero-order valence-corrected chi connectivity index (χ0v) is 12.1. The minimum atomic E-state index is 0.349. The zero-order chi connectivity index (χ0) is 13.3. The van der Waals surface area contributed by atoms with Crippen molar-refractivity contribution in [2.45, 2.75) is 66.0 Å². The van der Waals surface area contributed by atoms with Gasteiger partial charge >= 0.3 is 0 Å². The Morgan fingerprint density at radius 3 is 2.78 bits per heavy atom. The van der Waals surface area contributed by atoms with Gasteiger partial charge in [0.15, 0.2) is 0 Å². The van der Waals surface area contributed by atoms with Gasteiger partial charge in [0.1, 0.15) is 5.82 Å². The molecule has 4 heteroatoms. The molecule has 18 heavy (non-hydrogen) atoms. The minimum absolute atomic E-state index is 0.349. The highest BCUT2D eigenvalue weighted by molar-refractivity contribution is 5.65. The third kappa shape index (κ3) is 2.33. The van der Waals surface area contributed by atoms with Gasteiger partial charge in [0.05, 0.1) is 11.4 Å². The first-order valence-corrected chi connectivity index (χ1v) is 7.05. The largest absolute Gasteiger partial charge is 0.394 e. The first-order chi connectivity index (χ1) is 8.45. The van der Waals surface area contributed by atoms with E-state index in [0.29, 0.717) is 11.5 Å². The van der Waals surface area contributed by atoms with Gasteiger partial charge in [0.2, 0.25) is 0 Å². The lowest BCUT2D eigenvalue weighted by atomic mass is 9.87. The molecule has 0 aliphatic heterocycles. The molecule has 3 N–H and O–H groups in total. The standard InChI is InChI=1S/C14H26N4/c1-5-9-18-13(12(15)10(2)17-18)16-11-7-6-8-14(11,3)4/h11,16H,5-9,15H2,1-4H3. The summed E-state index contributed by atoms with van der Waals surface area (Å²) in [6, 6.07) is 0.506. The molecule has 1 aromatic rings. The van der Waals surface area contributed by atoms with Crippen LogP contribution in [-0.4, -0.2) is 15.8 Å². The van der Waals surface area contributed by atoms with E-state index in [9.17, 15) is 0 Å². The highest BCUT2D eigenvalue weighted by Crippen LogP contribution is 2.40. The number of rotatable bonds is 4. The predicted molar refractivity (Wildman–Crippen MR) is 76.7 cm³/mol. The van der Waals surface area contributed by atoms with Crippen LogP contribution in [0, 0.1) is 12.3 Å². The Morgan fingerprint density at radius 2 is 2.22 bits per heavy atom. The molecule has 1 aromatic heterocycles. The molecule has 1 saturated carbocycles. The Bertz CT molecular complexity index is 420. The van der Waals surface area contributed by atoms with Crippen LogP contribution in [0.25, 0.3) is 0 Å². The fourth-order valence-electron chi connectivity index (χ4n) is 2.88. The quantitative estimate of drug-likeness (QED) is 0.863. The Labute approximate surface area is 110 Å². The summed E-state index contributed by atoms with van der Waals surface area (Å²) in [6.45, 7) is 9.74. The predicted octanol–water partition coefficient (Wildman–Crippen LogP) is 3.17.